The van der Waals surface area contributed by atoms with E-state index in [1.807, 2.05) is 6.92 Å². The van der Waals surface area contributed by atoms with Gasteiger partial charge in [0, 0.05) is 17.4 Å². The van der Waals surface area contributed by atoms with Crippen LogP contribution < -0.4 is 0 Å². The van der Waals surface area contributed by atoms with Crippen molar-refractivity contribution in [3.8, 4) is 22.5 Å². The lowest BCUT2D eigenvalue weighted by atomic mass is 10.0. The second-order valence-corrected chi connectivity index (χ2v) is 8.62. The Morgan fingerprint density at radius 2 is 1.62 bits per heavy atom. The molecule has 0 saturated carbocycles. The molecule has 2 aromatic carbocycles. The zero-order valence-corrected chi connectivity index (χ0v) is 16.3. The second kappa shape index (κ2) is 6.94. The van der Waals surface area contributed by atoms with Gasteiger partial charge >= 0.3 is 6.18 Å². The van der Waals surface area contributed by atoms with Crippen LogP contribution in [-0.2, 0) is 16.0 Å². The minimum absolute atomic E-state index is 0.161. The summed E-state index contributed by atoms with van der Waals surface area (Å²) < 4.78 is 91.7. The van der Waals surface area contributed by atoms with Gasteiger partial charge in [0.15, 0.2) is 9.84 Å². The number of rotatable bonds is 3. The molecule has 4 nitrogen and oxygen atoms in total. The predicted octanol–water partition coefficient (Wildman–Crippen LogP) is 5.06. The van der Waals surface area contributed by atoms with E-state index >= 15 is 0 Å². The highest BCUT2D eigenvalue weighted by atomic mass is 32.2. The lowest BCUT2D eigenvalue weighted by molar-refractivity contribution is -0.144. The third kappa shape index (κ3) is 4.02. The Balaban J connectivity index is 2.30. The molecule has 10 heteroatoms. The fourth-order valence-corrected chi connectivity index (χ4v) is 3.53. The lowest BCUT2D eigenvalue weighted by Crippen LogP contribution is -2.07. The van der Waals surface area contributed by atoms with Gasteiger partial charge in [-0.1, -0.05) is 12.1 Å². The number of benzene rings is 2. The van der Waals surface area contributed by atoms with E-state index < -0.39 is 49.6 Å². The van der Waals surface area contributed by atoms with Crippen molar-refractivity contribution in [2.45, 2.75) is 24.9 Å². The molecular weight excluding hydrogens is 415 g/mol. The quantitative estimate of drug-likeness (QED) is 0.591. The fourth-order valence-electron chi connectivity index (χ4n) is 2.80. The summed E-state index contributed by atoms with van der Waals surface area (Å²) in [4.78, 5) is 4.68. The van der Waals surface area contributed by atoms with Crippen LogP contribution in [0.25, 0.3) is 22.5 Å². The first kappa shape index (κ1) is 21.0. The molecule has 0 fully saturated rings. The number of imidazole rings is 1. The molecule has 0 radical (unpaired) electrons. The molecule has 0 aliphatic heterocycles. The number of H-pyrrole nitrogens is 1. The topological polar surface area (TPSA) is 62.8 Å². The van der Waals surface area contributed by atoms with Gasteiger partial charge in [-0.2, -0.15) is 13.2 Å². The number of aromatic amines is 1. The minimum Gasteiger partial charge on any atom is -0.334 e. The summed E-state index contributed by atoms with van der Waals surface area (Å²) in [6.07, 6.45) is -4.16. The van der Waals surface area contributed by atoms with E-state index in [0.29, 0.717) is 18.4 Å². The Morgan fingerprint density at radius 3 is 2.17 bits per heavy atom. The van der Waals surface area contributed by atoms with Crippen LogP contribution in [0.2, 0.25) is 0 Å². The summed E-state index contributed by atoms with van der Waals surface area (Å²) >= 11 is 0. The van der Waals surface area contributed by atoms with Crippen LogP contribution in [0.1, 0.15) is 17.0 Å². The van der Waals surface area contributed by atoms with E-state index in [1.165, 1.54) is 6.07 Å². The molecule has 0 bridgehead atoms. The molecule has 1 N–H and O–H groups in total. The molecule has 1 heterocycles. The summed E-state index contributed by atoms with van der Waals surface area (Å²) in [5, 5.41) is 0. The van der Waals surface area contributed by atoms with Gasteiger partial charge in [0.2, 0.25) is 5.82 Å². The predicted molar refractivity (Wildman–Crippen MR) is 97.0 cm³/mol. The molecule has 3 rings (SSSR count). The normalized spacial score (nSPS) is 12.4. The van der Waals surface area contributed by atoms with Crippen molar-refractivity contribution >= 4 is 9.84 Å². The number of nitrogens with zero attached hydrogens (tertiary/aromatic N) is 1. The fraction of sp³-hybridized carbons (Fsp3) is 0.211. The summed E-state index contributed by atoms with van der Waals surface area (Å²) in [6.45, 7) is 3.56. The van der Waals surface area contributed by atoms with Crippen LogP contribution in [0.4, 0.5) is 22.0 Å². The van der Waals surface area contributed by atoms with Gasteiger partial charge in [-0.3, -0.25) is 0 Å². The van der Waals surface area contributed by atoms with Crippen molar-refractivity contribution in [3.63, 3.8) is 0 Å². The SMILES string of the molecule is Cc1ccc(-c2[nH]c(C(F)(F)F)nc2-c2cc(F)c(S(C)(=O)=O)cc2F)cc1C. The number of aromatic nitrogens is 2. The third-order valence-corrected chi connectivity index (χ3v) is 5.56. The van der Waals surface area contributed by atoms with Gasteiger partial charge in [-0.05, 0) is 43.2 Å². The molecule has 0 atom stereocenters. The highest BCUT2D eigenvalue weighted by Crippen LogP contribution is 2.38. The van der Waals surface area contributed by atoms with Crippen molar-refractivity contribution in [1.29, 1.82) is 0 Å². The molecule has 1 aromatic heterocycles. The van der Waals surface area contributed by atoms with E-state index in [9.17, 15) is 30.4 Å². The van der Waals surface area contributed by atoms with Crippen LogP contribution in [-0.4, -0.2) is 24.6 Å². The molecule has 29 heavy (non-hydrogen) atoms. The van der Waals surface area contributed by atoms with E-state index in [-0.39, 0.29) is 11.3 Å². The van der Waals surface area contributed by atoms with Crippen LogP contribution >= 0.6 is 0 Å². The number of nitrogens with one attached hydrogen (secondary N) is 1. The average molecular weight is 430 g/mol. The molecule has 154 valence electrons. The molecule has 0 aliphatic carbocycles. The lowest BCUT2D eigenvalue weighted by Gasteiger charge is -2.09. The summed E-state index contributed by atoms with van der Waals surface area (Å²) in [5.74, 6) is -3.88. The standard InChI is InChI=1S/C19H15F5N2O2S/c1-9-4-5-11(6-10(9)2)16-17(26-18(25-16)19(22,23)24)12-7-14(21)15(8-13(12)20)29(3,27)28/h4-8H,1-3H3,(H,25,26). The molecule has 0 amide bonds. The smallest absolute Gasteiger partial charge is 0.334 e. The maximum absolute atomic E-state index is 14.6. The first-order chi connectivity index (χ1) is 13.3. The Hall–Kier alpha value is -2.75. The van der Waals surface area contributed by atoms with E-state index in [0.717, 1.165) is 11.1 Å². The van der Waals surface area contributed by atoms with Crippen LogP contribution in [0, 0.1) is 25.5 Å². The van der Waals surface area contributed by atoms with Crippen molar-refractivity contribution in [2.24, 2.45) is 0 Å². The van der Waals surface area contributed by atoms with Gasteiger partial charge in [0.1, 0.15) is 16.5 Å². The highest BCUT2D eigenvalue weighted by molar-refractivity contribution is 7.90. The maximum Gasteiger partial charge on any atom is 0.449 e. The summed E-state index contributed by atoms with van der Waals surface area (Å²) in [7, 11) is -4.07. The number of hydrogen-bond donors (Lipinski definition) is 1. The Morgan fingerprint density at radius 1 is 0.966 bits per heavy atom. The van der Waals surface area contributed by atoms with Gasteiger partial charge < -0.3 is 4.98 Å². The van der Waals surface area contributed by atoms with Gasteiger partial charge in [0.25, 0.3) is 0 Å². The van der Waals surface area contributed by atoms with E-state index in [1.54, 1.807) is 19.1 Å². The molecule has 0 unspecified atom stereocenters. The average Bonchev–Trinajstić information content (AvgIpc) is 3.03. The molecule has 0 spiro atoms. The summed E-state index contributed by atoms with van der Waals surface area (Å²) in [5.41, 5.74) is 0.729. The van der Waals surface area contributed by atoms with Gasteiger partial charge in [-0.25, -0.2) is 22.2 Å². The number of sulfone groups is 1. The molecule has 3 aromatic rings. The number of alkyl halides is 3. The summed E-state index contributed by atoms with van der Waals surface area (Å²) in [6, 6.07) is 5.76. The first-order valence-electron chi connectivity index (χ1n) is 8.23. The van der Waals surface area contributed by atoms with Crippen LogP contribution in [0.3, 0.4) is 0 Å². The Bertz CT molecular complexity index is 1210. The number of hydrogen-bond acceptors (Lipinski definition) is 3. The van der Waals surface area contributed by atoms with E-state index in [2.05, 4.69) is 9.97 Å². The molecule has 0 saturated heterocycles. The van der Waals surface area contributed by atoms with Gasteiger partial charge in [-0.15, -0.1) is 0 Å². The second-order valence-electron chi connectivity index (χ2n) is 6.64. The van der Waals surface area contributed by atoms with Crippen LogP contribution in [0.5, 0.6) is 0 Å². The van der Waals surface area contributed by atoms with Crippen molar-refractivity contribution in [3.05, 3.63) is 58.9 Å². The third-order valence-electron chi connectivity index (χ3n) is 4.44. The first-order valence-corrected chi connectivity index (χ1v) is 10.1. The van der Waals surface area contributed by atoms with Gasteiger partial charge in [0.05, 0.1) is 11.4 Å². The minimum atomic E-state index is -4.85. The highest BCUT2D eigenvalue weighted by Gasteiger charge is 2.36. The molecule has 0 aliphatic rings. The van der Waals surface area contributed by atoms with Crippen molar-refractivity contribution in [2.75, 3.05) is 6.26 Å². The van der Waals surface area contributed by atoms with E-state index in [4.69, 9.17) is 0 Å². The Labute approximate surface area is 163 Å². The largest absolute Gasteiger partial charge is 0.449 e. The number of aryl methyl sites for hydroxylation is 2. The van der Waals surface area contributed by atoms with Crippen molar-refractivity contribution < 1.29 is 30.4 Å². The molecular formula is C19H15F5N2O2S. The van der Waals surface area contributed by atoms with Crippen molar-refractivity contribution in [1.82, 2.24) is 9.97 Å². The maximum atomic E-state index is 14.6. The van der Waals surface area contributed by atoms with Crippen LogP contribution in [0.15, 0.2) is 35.2 Å². The number of halogens is 5. The zero-order chi connectivity index (χ0) is 21.7. The zero-order valence-electron chi connectivity index (χ0n) is 15.4. The Kier molecular flexibility index (Phi) is 5.02. The monoisotopic (exact) mass is 430 g/mol.